The van der Waals surface area contributed by atoms with Crippen LogP contribution < -0.4 is 10.6 Å². The van der Waals surface area contributed by atoms with Crippen LogP contribution in [-0.2, 0) is 11.3 Å². The summed E-state index contributed by atoms with van der Waals surface area (Å²) >= 11 is 0. The van der Waals surface area contributed by atoms with Gasteiger partial charge < -0.3 is 10.6 Å². The Morgan fingerprint density at radius 2 is 1.97 bits per heavy atom. The highest BCUT2D eigenvalue weighted by atomic mass is 16.1. The van der Waals surface area contributed by atoms with Crippen LogP contribution in [0.5, 0.6) is 0 Å². The third kappa shape index (κ3) is 4.40. The Labute approximate surface area is 168 Å². The topological polar surface area (TPSA) is 84.2 Å². The second-order valence-electron chi connectivity index (χ2n) is 6.79. The smallest absolute Gasteiger partial charge is 0.222 e. The third-order valence-electron chi connectivity index (χ3n) is 4.61. The van der Waals surface area contributed by atoms with Gasteiger partial charge in [0.25, 0.3) is 0 Å². The molecular formula is C22H22N6O. The van der Waals surface area contributed by atoms with Crippen molar-refractivity contribution in [1.29, 1.82) is 0 Å². The number of aryl methyl sites for hydroxylation is 1. The number of fused-ring (bicyclic) bond motifs is 1. The van der Waals surface area contributed by atoms with Crippen molar-refractivity contribution >= 4 is 17.4 Å². The zero-order chi connectivity index (χ0) is 20.1. The van der Waals surface area contributed by atoms with E-state index in [1.807, 2.05) is 34.9 Å². The van der Waals surface area contributed by atoms with Crippen LogP contribution in [-0.4, -0.2) is 31.8 Å². The van der Waals surface area contributed by atoms with Gasteiger partial charge in [0.2, 0.25) is 5.91 Å². The van der Waals surface area contributed by atoms with E-state index in [0.717, 1.165) is 28.3 Å². The lowest BCUT2D eigenvalue weighted by Crippen LogP contribution is -2.25. The summed E-state index contributed by atoms with van der Waals surface area (Å²) in [5, 5.41) is 6.32. The molecule has 4 aromatic rings. The number of amides is 1. The minimum Gasteiger partial charge on any atom is -0.369 e. The number of imidazole rings is 1. The lowest BCUT2D eigenvalue weighted by atomic mass is 10.1. The molecule has 0 aliphatic heterocycles. The molecule has 3 heterocycles. The maximum Gasteiger partial charge on any atom is 0.222 e. The number of pyridine rings is 1. The number of hydrogen-bond donors (Lipinski definition) is 2. The van der Waals surface area contributed by atoms with E-state index in [9.17, 15) is 4.79 Å². The van der Waals surface area contributed by atoms with E-state index >= 15 is 0 Å². The molecule has 7 nitrogen and oxygen atoms in total. The Morgan fingerprint density at radius 1 is 1.10 bits per heavy atom. The second-order valence-corrected chi connectivity index (χ2v) is 6.79. The van der Waals surface area contributed by atoms with Crippen LogP contribution in [0.3, 0.4) is 0 Å². The monoisotopic (exact) mass is 386 g/mol. The molecule has 0 radical (unpaired) electrons. The maximum atomic E-state index is 12.2. The van der Waals surface area contributed by atoms with Gasteiger partial charge in [-0.3, -0.25) is 19.2 Å². The normalized spacial score (nSPS) is 10.8. The Bertz CT molecular complexity index is 1120. The molecule has 0 aliphatic carbocycles. The number of carbonyl (C=O) groups is 1. The number of nitrogens with one attached hydrogen (secondary N) is 2. The SMILES string of the molecule is Cc1cccc(-c2nc3cnccn3c2NCCC(=O)NCc2ccncc2)c1. The van der Waals surface area contributed by atoms with Gasteiger partial charge in [0.05, 0.1) is 6.20 Å². The van der Waals surface area contributed by atoms with Crippen molar-refractivity contribution in [3.63, 3.8) is 0 Å². The van der Waals surface area contributed by atoms with Crippen LogP contribution in [0, 0.1) is 6.92 Å². The minimum atomic E-state index is -0.0121. The summed E-state index contributed by atoms with van der Waals surface area (Å²) in [5.41, 5.74) is 4.82. The highest BCUT2D eigenvalue weighted by molar-refractivity contribution is 5.78. The number of benzene rings is 1. The van der Waals surface area contributed by atoms with Gasteiger partial charge in [0.1, 0.15) is 11.5 Å². The predicted molar refractivity (Wildman–Crippen MR) is 112 cm³/mol. The van der Waals surface area contributed by atoms with Gasteiger partial charge >= 0.3 is 0 Å². The molecule has 146 valence electrons. The van der Waals surface area contributed by atoms with Crippen molar-refractivity contribution in [1.82, 2.24) is 24.7 Å². The van der Waals surface area contributed by atoms with E-state index in [4.69, 9.17) is 4.98 Å². The van der Waals surface area contributed by atoms with E-state index in [1.54, 1.807) is 24.8 Å². The molecule has 0 saturated carbocycles. The van der Waals surface area contributed by atoms with E-state index in [-0.39, 0.29) is 5.91 Å². The van der Waals surface area contributed by atoms with Gasteiger partial charge in [-0.2, -0.15) is 0 Å². The fourth-order valence-electron chi connectivity index (χ4n) is 3.15. The molecule has 0 aliphatic rings. The van der Waals surface area contributed by atoms with Gasteiger partial charge in [-0.1, -0.05) is 23.8 Å². The molecule has 7 heteroatoms. The zero-order valence-electron chi connectivity index (χ0n) is 16.2. The summed E-state index contributed by atoms with van der Waals surface area (Å²) in [5.74, 6) is 0.844. The number of rotatable bonds is 7. The van der Waals surface area contributed by atoms with Gasteiger partial charge in [-0.25, -0.2) is 4.98 Å². The first-order chi connectivity index (χ1) is 14.2. The lowest BCUT2D eigenvalue weighted by molar-refractivity contribution is -0.121. The van der Waals surface area contributed by atoms with Crippen molar-refractivity contribution in [2.75, 3.05) is 11.9 Å². The molecule has 1 amide bonds. The molecule has 0 saturated heterocycles. The zero-order valence-corrected chi connectivity index (χ0v) is 16.2. The maximum absolute atomic E-state index is 12.2. The van der Waals surface area contributed by atoms with E-state index in [0.29, 0.717) is 19.5 Å². The van der Waals surface area contributed by atoms with Gasteiger partial charge in [-0.05, 0) is 30.7 Å². The Morgan fingerprint density at radius 3 is 2.79 bits per heavy atom. The quantitative estimate of drug-likeness (QED) is 0.509. The minimum absolute atomic E-state index is 0.0121. The first-order valence-electron chi connectivity index (χ1n) is 9.49. The first-order valence-corrected chi connectivity index (χ1v) is 9.49. The molecule has 29 heavy (non-hydrogen) atoms. The van der Waals surface area contributed by atoms with Crippen molar-refractivity contribution in [3.05, 3.63) is 78.5 Å². The number of anilines is 1. The molecular weight excluding hydrogens is 364 g/mol. The van der Waals surface area contributed by atoms with E-state index in [1.165, 1.54) is 5.56 Å². The van der Waals surface area contributed by atoms with Crippen molar-refractivity contribution < 1.29 is 4.79 Å². The summed E-state index contributed by atoms with van der Waals surface area (Å²) in [4.78, 5) is 25.1. The van der Waals surface area contributed by atoms with Gasteiger partial charge in [0, 0.05) is 49.9 Å². The summed E-state index contributed by atoms with van der Waals surface area (Å²) in [6.07, 6.45) is 9.11. The van der Waals surface area contributed by atoms with Crippen LogP contribution >= 0.6 is 0 Å². The Hall–Kier alpha value is -3.74. The molecule has 0 bridgehead atoms. The van der Waals surface area contributed by atoms with Crippen LogP contribution in [0.4, 0.5) is 5.82 Å². The number of aromatic nitrogens is 4. The summed E-state index contributed by atoms with van der Waals surface area (Å²) < 4.78 is 1.96. The third-order valence-corrected chi connectivity index (χ3v) is 4.61. The first kappa shape index (κ1) is 18.6. The average molecular weight is 386 g/mol. The fraction of sp³-hybridized carbons (Fsp3) is 0.182. The highest BCUT2D eigenvalue weighted by Crippen LogP contribution is 2.28. The predicted octanol–water partition coefficient (Wildman–Crippen LogP) is 3.22. The van der Waals surface area contributed by atoms with Crippen molar-refractivity contribution in [2.24, 2.45) is 0 Å². The van der Waals surface area contributed by atoms with Gasteiger partial charge in [-0.15, -0.1) is 0 Å². The molecule has 0 unspecified atom stereocenters. The molecule has 1 aromatic carbocycles. The lowest BCUT2D eigenvalue weighted by Gasteiger charge is -2.10. The molecule has 2 N–H and O–H groups in total. The van der Waals surface area contributed by atoms with Crippen LogP contribution in [0.25, 0.3) is 16.9 Å². The van der Waals surface area contributed by atoms with Crippen LogP contribution in [0.2, 0.25) is 0 Å². The Balaban J connectivity index is 1.46. The summed E-state index contributed by atoms with van der Waals surface area (Å²) in [7, 11) is 0. The molecule has 4 rings (SSSR count). The number of hydrogen-bond acceptors (Lipinski definition) is 5. The average Bonchev–Trinajstić information content (AvgIpc) is 3.12. The van der Waals surface area contributed by atoms with Crippen molar-refractivity contribution in [2.45, 2.75) is 19.9 Å². The van der Waals surface area contributed by atoms with Crippen LogP contribution in [0.15, 0.2) is 67.4 Å². The second kappa shape index (κ2) is 8.52. The number of nitrogens with zero attached hydrogens (tertiary/aromatic N) is 4. The number of carbonyl (C=O) groups excluding carboxylic acids is 1. The van der Waals surface area contributed by atoms with E-state index in [2.05, 4.69) is 39.7 Å². The molecule has 3 aromatic heterocycles. The highest BCUT2D eigenvalue weighted by Gasteiger charge is 2.14. The summed E-state index contributed by atoms with van der Waals surface area (Å²) in [6, 6.07) is 12.0. The molecule has 0 spiro atoms. The fourth-order valence-corrected chi connectivity index (χ4v) is 3.15. The Kier molecular flexibility index (Phi) is 5.47. The molecule has 0 fully saturated rings. The van der Waals surface area contributed by atoms with E-state index < -0.39 is 0 Å². The summed E-state index contributed by atoms with van der Waals surface area (Å²) in [6.45, 7) is 3.05. The largest absolute Gasteiger partial charge is 0.369 e. The molecule has 0 atom stereocenters. The van der Waals surface area contributed by atoms with Gasteiger partial charge in [0.15, 0.2) is 5.65 Å². The van der Waals surface area contributed by atoms with Crippen LogP contribution in [0.1, 0.15) is 17.5 Å². The standard InChI is InChI=1S/C22H22N6O/c1-16-3-2-4-18(13-16)21-22(28-12-11-24-15-19(28)27-21)25-10-7-20(29)26-14-17-5-8-23-9-6-17/h2-6,8-9,11-13,15,25H,7,10,14H2,1H3,(H,26,29). The van der Waals surface area contributed by atoms with Crippen molar-refractivity contribution in [3.8, 4) is 11.3 Å².